The van der Waals surface area contributed by atoms with Gasteiger partial charge in [-0.15, -0.1) is 0 Å². The maximum atomic E-state index is 12.4. The maximum Gasteiger partial charge on any atom is 0.255 e. The second-order valence-electron chi connectivity index (χ2n) is 4.56. The highest BCUT2D eigenvalue weighted by Gasteiger charge is 2.33. The van der Waals surface area contributed by atoms with Gasteiger partial charge in [0.25, 0.3) is 5.91 Å². The molecular formula is C15H14N2O4. The molecule has 2 rings (SSSR count). The molecule has 1 aromatic carbocycles. The molecule has 1 aromatic rings. The van der Waals surface area contributed by atoms with Crippen molar-refractivity contribution in [1.82, 2.24) is 10.2 Å². The molecule has 1 unspecified atom stereocenters. The van der Waals surface area contributed by atoms with Crippen LogP contribution in [0.15, 0.2) is 24.3 Å². The molecule has 3 amide bonds. The Bertz CT molecular complexity index is 657. The lowest BCUT2D eigenvalue weighted by atomic mass is 10.1. The number of carbonyl (C=O) groups is 3. The minimum Gasteiger partial charge on any atom is -0.384 e. The second-order valence-corrected chi connectivity index (χ2v) is 4.56. The van der Waals surface area contributed by atoms with Gasteiger partial charge in [0.1, 0.15) is 19.2 Å². The van der Waals surface area contributed by atoms with Crippen molar-refractivity contribution in [3.8, 4) is 11.8 Å². The molecule has 1 aliphatic rings. The normalized spacial score (nSPS) is 17.8. The van der Waals surface area contributed by atoms with E-state index in [0.29, 0.717) is 11.1 Å². The Labute approximate surface area is 121 Å². The van der Waals surface area contributed by atoms with Crippen molar-refractivity contribution in [1.29, 1.82) is 0 Å². The molecular weight excluding hydrogens is 272 g/mol. The molecule has 21 heavy (non-hydrogen) atoms. The molecule has 1 aliphatic heterocycles. The maximum absolute atomic E-state index is 12.4. The van der Waals surface area contributed by atoms with E-state index < -0.39 is 23.8 Å². The molecule has 1 fully saturated rings. The van der Waals surface area contributed by atoms with E-state index in [1.165, 1.54) is 4.90 Å². The monoisotopic (exact) mass is 286 g/mol. The first kappa shape index (κ1) is 14.8. The predicted octanol–water partition coefficient (Wildman–Crippen LogP) is -0.483. The number of piperazine rings is 1. The summed E-state index contributed by atoms with van der Waals surface area (Å²) >= 11 is 0. The van der Waals surface area contributed by atoms with Crippen LogP contribution in [0, 0.1) is 11.8 Å². The Hall–Kier alpha value is -2.65. The Balaban J connectivity index is 2.27. The number of hydrogen-bond donors (Lipinski definition) is 2. The number of hydrogen-bond acceptors (Lipinski definition) is 4. The van der Waals surface area contributed by atoms with E-state index in [4.69, 9.17) is 5.11 Å². The molecule has 0 radical (unpaired) electrons. The first-order valence-corrected chi connectivity index (χ1v) is 6.37. The molecule has 1 saturated heterocycles. The van der Waals surface area contributed by atoms with Crippen LogP contribution in [-0.2, 0) is 9.59 Å². The first-order chi connectivity index (χ1) is 10.0. The molecule has 6 nitrogen and oxygen atoms in total. The topological polar surface area (TPSA) is 86.7 Å². The number of aliphatic hydroxyl groups excluding tert-OH is 1. The van der Waals surface area contributed by atoms with E-state index in [-0.39, 0.29) is 13.2 Å². The average Bonchev–Trinajstić information content (AvgIpc) is 2.48. The molecule has 1 heterocycles. The second kappa shape index (κ2) is 6.20. The van der Waals surface area contributed by atoms with Crippen LogP contribution in [-0.4, -0.2) is 46.9 Å². The molecule has 6 heteroatoms. The number of rotatable bonds is 1. The lowest BCUT2D eigenvalue weighted by Gasteiger charge is -2.31. The first-order valence-electron chi connectivity index (χ1n) is 6.37. The quantitative estimate of drug-likeness (QED) is 0.539. The third kappa shape index (κ3) is 3.27. The van der Waals surface area contributed by atoms with Gasteiger partial charge in [0.05, 0.1) is 0 Å². The van der Waals surface area contributed by atoms with Gasteiger partial charge in [0.15, 0.2) is 0 Å². The van der Waals surface area contributed by atoms with Crippen LogP contribution in [0.3, 0.4) is 0 Å². The summed E-state index contributed by atoms with van der Waals surface area (Å²) in [6.07, 6.45) is 0. The van der Waals surface area contributed by atoms with E-state index in [1.807, 2.05) is 0 Å². The number of imide groups is 1. The van der Waals surface area contributed by atoms with Crippen molar-refractivity contribution in [2.75, 3.05) is 13.2 Å². The van der Waals surface area contributed by atoms with Crippen molar-refractivity contribution < 1.29 is 19.5 Å². The molecule has 0 spiro atoms. The van der Waals surface area contributed by atoms with Gasteiger partial charge < -0.3 is 10.0 Å². The van der Waals surface area contributed by atoms with Gasteiger partial charge in [-0.2, -0.15) is 0 Å². The zero-order valence-corrected chi connectivity index (χ0v) is 11.4. The fraction of sp³-hybridized carbons (Fsp3) is 0.267. The van der Waals surface area contributed by atoms with Crippen LogP contribution in [0.5, 0.6) is 0 Å². The van der Waals surface area contributed by atoms with Crippen LogP contribution >= 0.6 is 0 Å². The van der Waals surface area contributed by atoms with E-state index in [9.17, 15) is 14.4 Å². The van der Waals surface area contributed by atoms with Crippen LogP contribution in [0.2, 0.25) is 0 Å². The van der Waals surface area contributed by atoms with Gasteiger partial charge in [-0.05, 0) is 25.1 Å². The van der Waals surface area contributed by atoms with Crippen LogP contribution in [0.1, 0.15) is 22.8 Å². The molecule has 108 valence electrons. The summed E-state index contributed by atoms with van der Waals surface area (Å²) in [7, 11) is 0. The molecule has 0 aliphatic carbocycles. The van der Waals surface area contributed by atoms with Crippen LogP contribution in [0.4, 0.5) is 0 Å². The lowest BCUT2D eigenvalue weighted by molar-refractivity contribution is -0.138. The van der Waals surface area contributed by atoms with Crippen LogP contribution < -0.4 is 5.32 Å². The van der Waals surface area contributed by atoms with Crippen molar-refractivity contribution in [2.45, 2.75) is 13.0 Å². The van der Waals surface area contributed by atoms with Gasteiger partial charge >= 0.3 is 0 Å². The SMILES string of the molecule is CC1C(=O)NC(=O)CN1C(=O)c1cccc(C#CCO)c1. The number of amides is 3. The Kier molecular flexibility index (Phi) is 4.36. The Morgan fingerprint density at radius 3 is 2.95 bits per heavy atom. The van der Waals surface area contributed by atoms with Crippen molar-refractivity contribution in [2.24, 2.45) is 0 Å². The van der Waals surface area contributed by atoms with Crippen LogP contribution in [0.25, 0.3) is 0 Å². The van der Waals surface area contributed by atoms with Gasteiger partial charge in [-0.1, -0.05) is 17.9 Å². The summed E-state index contributed by atoms with van der Waals surface area (Å²) in [5, 5.41) is 10.9. The van der Waals surface area contributed by atoms with Crippen molar-refractivity contribution in [3.05, 3.63) is 35.4 Å². The van der Waals surface area contributed by atoms with Gasteiger partial charge in [0.2, 0.25) is 11.8 Å². The van der Waals surface area contributed by atoms with Gasteiger partial charge in [-0.3, -0.25) is 19.7 Å². The van der Waals surface area contributed by atoms with E-state index in [0.717, 1.165) is 0 Å². The Morgan fingerprint density at radius 2 is 2.24 bits per heavy atom. The summed E-state index contributed by atoms with van der Waals surface area (Å²) < 4.78 is 0. The standard InChI is InChI=1S/C15H14N2O4/c1-10-14(20)16-13(19)9-17(10)15(21)12-6-2-4-11(8-12)5-3-7-18/h2,4,6,8,10,18H,7,9H2,1H3,(H,16,19,20). The third-order valence-electron chi connectivity index (χ3n) is 3.11. The lowest BCUT2D eigenvalue weighted by Crippen LogP contribution is -2.58. The molecule has 0 saturated carbocycles. The summed E-state index contributed by atoms with van der Waals surface area (Å²) in [5.41, 5.74) is 0.921. The highest BCUT2D eigenvalue weighted by Crippen LogP contribution is 2.13. The largest absolute Gasteiger partial charge is 0.384 e. The molecule has 2 N–H and O–H groups in total. The van der Waals surface area contributed by atoms with Gasteiger partial charge in [-0.25, -0.2) is 0 Å². The summed E-state index contributed by atoms with van der Waals surface area (Å²) in [5.74, 6) is 3.81. The summed E-state index contributed by atoms with van der Waals surface area (Å²) in [4.78, 5) is 36.6. The van der Waals surface area contributed by atoms with Crippen molar-refractivity contribution >= 4 is 17.7 Å². The zero-order chi connectivity index (χ0) is 15.4. The number of carbonyl (C=O) groups excluding carboxylic acids is 3. The highest BCUT2D eigenvalue weighted by atomic mass is 16.2. The highest BCUT2D eigenvalue weighted by molar-refractivity contribution is 6.07. The smallest absolute Gasteiger partial charge is 0.255 e. The number of benzene rings is 1. The van der Waals surface area contributed by atoms with E-state index >= 15 is 0 Å². The van der Waals surface area contributed by atoms with Crippen molar-refractivity contribution in [3.63, 3.8) is 0 Å². The molecule has 0 aromatic heterocycles. The minimum absolute atomic E-state index is 0.154. The summed E-state index contributed by atoms with van der Waals surface area (Å²) in [6.45, 7) is 1.14. The van der Waals surface area contributed by atoms with E-state index in [1.54, 1.807) is 31.2 Å². The minimum atomic E-state index is -0.706. The fourth-order valence-corrected chi connectivity index (χ4v) is 2.00. The van der Waals surface area contributed by atoms with Gasteiger partial charge in [0, 0.05) is 11.1 Å². The molecule has 0 bridgehead atoms. The number of nitrogens with one attached hydrogen (secondary N) is 1. The predicted molar refractivity (Wildman–Crippen MR) is 74.1 cm³/mol. The fourth-order valence-electron chi connectivity index (χ4n) is 2.00. The summed E-state index contributed by atoms with van der Waals surface area (Å²) in [6, 6.07) is 5.81. The average molecular weight is 286 g/mol. The Morgan fingerprint density at radius 1 is 1.48 bits per heavy atom. The zero-order valence-electron chi connectivity index (χ0n) is 11.4. The third-order valence-corrected chi connectivity index (χ3v) is 3.11. The molecule has 1 atom stereocenters. The van der Waals surface area contributed by atoms with E-state index in [2.05, 4.69) is 17.2 Å². The number of aliphatic hydroxyl groups is 1. The number of nitrogens with zero attached hydrogens (tertiary/aromatic N) is 1.